The monoisotopic (exact) mass is 96.1 g/mol. The Labute approximate surface area is 41.5 Å². The molecule has 1 aromatic heterocycles. The first-order valence-corrected chi connectivity index (χ1v) is 2.04. The van der Waals surface area contributed by atoms with Crippen molar-refractivity contribution >= 4 is 0 Å². The number of aromatic amines is 1. The van der Waals surface area contributed by atoms with Gasteiger partial charge in [0.05, 0.1) is 0 Å². The van der Waals surface area contributed by atoms with Crippen LogP contribution in [0.2, 0.25) is 0 Å². The summed E-state index contributed by atoms with van der Waals surface area (Å²) in [6.07, 6.45) is 2.60. The fourth-order valence-electron chi connectivity index (χ4n) is 0.351. The highest BCUT2D eigenvalue weighted by Gasteiger charge is 1.83. The third kappa shape index (κ3) is 0.778. The van der Waals surface area contributed by atoms with Gasteiger partial charge in [-0.25, -0.2) is 0 Å². The number of nitrogens with two attached hydrogens (primary N) is 1. The predicted molar refractivity (Wildman–Crippen MR) is 25.3 cm³/mol. The maximum absolute atomic E-state index is 5.20. The Kier molecular flexibility index (Phi) is 1.08. The van der Waals surface area contributed by atoms with Crippen LogP contribution in [0.25, 0.3) is 0 Å². The van der Waals surface area contributed by atoms with E-state index in [1.165, 1.54) is 0 Å². The molecule has 0 unspecified atom stereocenters. The van der Waals surface area contributed by atoms with Gasteiger partial charge in [0.25, 0.3) is 0 Å². The second kappa shape index (κ2) is 1.75. The molecule has 0 aromatic carbocycles. The number of aromatic nitrogens is 2. The van der Waals surface area contributed by atoms with Crippen molar-refractivity contribution in [1.82, 2.24) is 10.2 Å². The van der Waals surface area contributed by atoms with Crippen molar-refractivity contribution in [2.24, 2.45) is 5.73 Å². The molecule has 0 amide bonds. The number of hydrogen-bond acceptors (Lipinski definition) is 2. The smallest absolute Gasteiger partial charge is 0.113 e. The quantitative estimate of drug-likeness (QED) is 0.503. The lowest BCUT2D eigenvalue weighted by Gasteiger charge is -1.80. The zero-order valence-electron chi connectivity index (χ0n) is 3.81. The van der Waals surface area contributed by atoms with Crippen LogP contribution in [-0.2, 0) is 6.54 Å². The first-order valence-electron chi connectivity index (χ1n) is 2.04. The summed E-state index contributed by atoms with van der Waals surface area (Å²) in [6.45, 7) is 0.510. The van der Waals surface area contributed by atoms with Gasteiger partial charge in [-0.2, -0.15) is 5.10 Å². The summed E-state index contributed by atoms with van der Waals surface area (Å²) in [7, 11) is 0. The lowest BCUT2D eigenvalue weighted by Crippen LogP contribution is -1.95. The summed E-state index contributed by atoms with van der Waals surface area (Å²) in [5.74, 6) is 0. The molecule has 0 aliphatic carbocycles. The van der Waals surface area contributed by atoms with Crippen molar-refractivity contribution in [3.63, 3.8) is 0 Å². The number of nitrogens with zero attached hydrogens (tertiary/aromatic N) is 1. The van der Waals surface area contributed by atoms with Crippen LogP contribution in [0, 0.1) is 6.20 Å². The standard InChI is InChI=1S/C4H6N3/c5-3-4-1-2-6-7-4/h1H,3,5H2,(H,6,7). The van der Waals surface area contributed by atoms with Gasteiger partial charge in [-0.1, -0.05) is 0 Å². The normalized spacial score (nSPS) is 9.29. The molecule has 0 spiro atoms. The molecule has 0 bridgehead atoms. The minimum absolute atomic E-state index is 0.510. The van der Waals surface area contributed by atoms with Crippen molar-refractivity contribution in [3.05, 3.63) is 18.0 Å². The minimum atomic E-state index is 0.510. The summed E-state index contributed by atoms with van der Waals surface area (Å²) in [4.78, 5) is 0. The van der Waals surface area contributed by atoms with Crippen LogP contribution in [0.4, 0.5) is 0 Å². The lowest BCUT2D eigenvalue weighted by molar-refractivity contribution is 0.946. The van der Waals surface area contributed by atoms with E-state index >= 15 is 0 Å². The average molecular weight is 96.1 g/mol. The largest absolute Gasteiger partial charge is 0.325 e. The van der Waals surface area contributed by atoms with Gasteiger partial charge >= 0.3 is 0 Å². The number of nitrogens with one attached hydrogen (secondary N) is 1. The minimum Gasteiger partial charge on any atom is -0.325 e. The summed E-state index contributed by atoms with van der Waals surface area (Å²) in [6, 6.07) is 1.72. The highest BCUT2D eigenvalue weighted by molar-refractivity contribution is 4.94. The van der Waals surface area contributed by atoms with Crippen molar-refractivity contribution in [3.8, 4) is 0 Å². The van der Waals surface area contributed by atoms with Gasteiger partial charge in [0, 0.05) is 12.2 Å². The maximum atomic E-state index is 5.20. The Morgan fingerprint density at radius 2 is 2.86 bits per heavy atom. The molecule has 1 aromatic rings. The molecule has 0 saturated heterocycles. The van der Waals surface area contributed by atoms with Gasteiger partial charge in [0.2, 0.25) is 0 Å². The van der Waals surface area contributed by atoms with Crippen LogP contribution in [0.3, 0.4) is 0 Å². The summed E-state index contributed by atoms with van der Waals surface area (Å²) in [5.41, 5.74) is 6.12. The van der Waals surface area contributed by atoms with Crippen molar-refractivity contribution in [2.45, 2.75) is 6.54 Å². The molecule has 1 heterocycles. The summed E-state index contributed by atoms with van der Waals surface area (Å²) >= 11 is 0. The van der Waals surface area contributed by atoms with Gasteiger partial charge in [0.1, 0.15) is 6.20 Å². The van der Waals surface area contributed by atoms with Crippen LogP contribution in [0.1, 0.15) is 5.69 Å². The molecule has 37 valence electrons. The van der Waals surface area contributed by atoms with Gasteiger partial charge in [-0.15, -0.1) is 0 Å². The van der Waals surface area contributed by atoms with Crippen LogP contribution in [0.5, 0.6) is 0 Å². The summed E-state index contributed by atoms with van der Waals surface area (Å²) in [5, 5.41) is 6.22. The van der Waals surface area contributed by atoms with Gasteiger partial charge in [-0.3, -0.25) is 5.10 Å². The number of rotatable bonds is 1. The van der Waals surface area contributed by atoms with E-state index in [-0.39, 0.29) is 0 Å². The molecule has 0 atom stereocenters. The fourth-order valence-corrected chi connectivity index (χ4v) is 0.351. The Morgan fingerprint density at radius 1 is 2.00 bits per heavy atom. The molecule has 0 fully saturated rings. The molecule has 3 N–H and O–H groups in total. The second-order valence-electron chi connectivity index (χ2n) is 1.23. The summed E-state index contributed by atoms with van der Waals surface area (Å²) < 4.78 is 0. The van der Waals surface area contributed by atoms with Crippen molar-refractivity contribution in [2.75, 3.05) is 0 Å². The second-order valence-corrected chi connectivity index (χ2v) is 1.23. The van der Waals surface area contributed by atoms with Gasteiger partial charge in [0.15, 0.2) is 0 Å². The van der Waals surface area contributed by atoms with Crippen LogP contribution in [-0.4, -0.2) is 10.2 Å². The van der Waals surface area contributed by atoms with E-state index in [1.807, 2.05) is 0 Å². The van der Waals surface area contributed by atoms with E-state index in [0.29, 0.717) is 6.54 Å². The Morgan fingerprint density at radius 3 is 3.14 bits per heavy atom. The molecule has 0 aliphatic heterocycles. The van der Waals surface area contributed by atoms with E-state index in [2.05, 4.69) is 16.4 Å². The highest BCUT2D eigenvalue weighted by atomic mass is 15.1. The molecular weight excluding hydrogens is 90.1 g/mol. The first-order chi connectivity index (χ1) is 3.43. The van der Waals surface area contributed by atoms with Gasteiger partial charge in [-0.05, 0) is 6.07 Å². The highest BCUT2D eigenvalue weighted by Crippen LogP contribution is 1.84. The average Bonchev–Trinajstić information content (AvgIpc) is 2.14. The topological polar surface area (TPSA) is 54.7 Å². The molecular formula is C4H6N3. The zero-order chi connectivity index (χ0) is 5.11. The van der Waals surface area contributed by atoms with E-state index in [9.17, 15) is 0 Å². The lowest BCUT2D eigenvalue weighted by atomic mass is 10.5. The fraction of sp³-hybridized carbons (Fsp3) is 0.250. The number of H-pyrrole nitrogens is 1. The third-order valence-electron chi connectivity index (χ3n) is 0.723. The van der Waals surface area contributed by atoms with E-state index in [1.54, 1.807) is 6.07 Å². The third-order valence-corrected chi connectivity index (χ3v) is 0.723. The van der Waals surface area contributed by atoms with Crippen LogP contribution >= 0.6 is 0 Å². The predicted octanol–water partition coefficient (Wildman–Crippen LogP) is -0.331. The van der Waals surface area contributed by atoms with E-state index in [4.69, 9.17) is 5.73 Å². The maximum Gasteiger partial charge on any atom is 0.113 e. The Bertz CT molecular complexity index is 121. The van der Waals surface area contributed by atoms with Gasteiger partial charge < -0.3 is 5.73 Å². The van der Waals surface area contributed by atoms with Crippen molar-refractivity contribution < 1.29 is 0 Å². The molecule has 7 heavy (non-hydrogen) atoms. The first kappa shape index (κ1) is 4.33. The van der Waals surface area contributed by atoms with E-state index < -0.39 is 0 Å². The van der Waals surface area contributed by atoms with Crippen molar-refractivity contribution in [1.29, 1.82) is 0 Å². The Balaban J connectivity index is 2.76. The van der Waals surface area contributed by atoms with Crippen LogP contribution < -0.4 is 5.73 Å². The van der Waals surface area contributed by atoms with Crippen LogP contribution in [0.15, 0.2) is 6.07 Å². The van der Waals surface area contributed by atoms with E-state index in [0.717, 1.165) is 5.69 Å². The molecule has 3 nitrogen and oxygen atoms in total. The molecule has 0 aliphatic rings. The molecule has 1 radical (unpaired) electrons. The molecule has 0 saturated carbocycles. The number of hydrogen-bond donors (Lipinski definition) is 2. The SMILES string of the molecule is NCc1c[c]n[nH]1. The zero-order valence-corrected chi connectivity index (χ0v) is 3.81. The Hall–Kier alpha value is -0.830. The molecule has 3 heteroatoms. The molecule has 1 rings (SSSR count).